The van der Waals surface area contributed by atoms with Crippen molar-refractivity contribution in [3.63, 3.8) is 0 Å². The molecule has 1 aromatic heterocycles. The lowest BCUT2D eigenvalue weighted by molar-refractivity contribution is 0.260. The Balaban J connectivity index is 1.94. The van der Waals surface area contributed by atoms with E-state index in [-0.39, 0.29) is 6.61 Å². The summed E-state index contributed by atoms with van der Waals surface area (Å²) in [4.78, 5) is 0. The smallest absolute Gasteiger partial charge is 0.117 e. The predicted octanol–water partition coefficient (Wildman–Crippen LogP) is 1.58. The standard InChI is InChI=1S/C14H20N4O/c1-11(7-8-19)9-15-10-13-14(17-18-16-13)12-5-3-2-4-6-12/h2-6,11,15,19H,7-10H2,1H3,(H,16,17,18). The summed E-state index contributed by atoms with van der Waals surface area (Å²) in [5.74, 6) is 0.456. The van der Waals surface area contributed by atoms with Crippen LogP contribution in [0.15, 0.2) is 30.3 Å². The van der Waals surface area contributed by atoms with Gasteiger partial charge in [-0.3, -0.25) is 0 Å². The second kappa shape index (κ2) is 7.01. The minimum atomic E-state index is 0.238. The van der Waals surface area contributed by atoms with E-state index in [9.17, 15) is 0 Å². The lowest BCUT2D eigenvalue weighted by Gasteiger charge is -2.10. The summed E-state index contributed by atoms with van der Waals surface area (Å²) in [5, 5.41) is 23.3. The predicted molar refractivity (Wildman–Crippen MR) is 74.4 cm³/mol. The number of benzene rings is 1. The summed E-state index contributed by atoms with van der Waals surface area (Å²) in [6.07, 6.45) is 0.817. The zero-order chi connectivity index (χ0) is 13.5. The van der Waals surface area contributed by atoms with Crippen LogP contribution in [0.1, 0.15) is 19.0 Å². The number of aromatic nitrogens is 3. The fraction of sp³-hybridized carbons (Fsp3) is 0.429. The SMILES string of the molecule is CC(CCO)CNCc1n[nH]nc1-c1ccccc1. The molecular formula is C14H20N4O. The quantitative estimate of drug-likeness (QED) is 0.706. The molecule has 3 N–H and O–H groups in total. The first-order valence-electron chi connectivity index (χ1n) is 6.58. The van der Waals surface area contributed by atoms with Crippen molar-refractivity contribution in [2.24, 2.45) is 5.92 Å². The van der Waals surface area contributed by atoms with Gasteiger partial charge in [0.25, 0.3) is 0 Å². The Labute approximate surface area is 113 Å². The third kappa shape index (κ3) is 3.87. The van der Waals surface area contributed by atoms with E-state index in [2.05, 4.69) is 27.7 Å². The van der Waals surface area contributed by atoms with Crippen LogP contribution in [0, 0.1) is 5.92 Å². The van der Waals surface area contributed by atoms with Crippen LogP contribution in [-0.2, 0) is 6.54 Å². The molecule has 102 valence electrons. The van der Waals surface area contributed by atoms with Crippen molar-refractivity contribution in [3.05, 3.63) is 36.0 Å². The van der Waals surface area contributed by atoms with E-state index in [1.807, 2.05) is 30.3 Å². The van der Waals surface area contributed by atoms with Crippen LogP contribution in [0.5, 0.6) is 0 Å². The van der Waals surface area contributed by atoms with Gasteiger partial charge in [-0.2, -0.15) is 15.4 Å². The van der Waals surface area contributed by atoms with Gasteiger partial charge in [0, 0.05) is 18.7 Å². The Bertz CT molecular complexity index is 483. The van der Waals surface area contributed by atoms with Crippen LogP contribution in [0.25, 0.3) is 11.3 Å². The average molecular weight is 260 g/mol. The Morgan fingerprint density at radius 2 is 2.05 bits per heavy atom. The van der Waals surface area contributed by atoms with Crippen LogP contribution >= 0.6 is 0 Å². The number of hydrogen-bond acceptors (Lipinski definition) is 4. The van der Waals surface area contributed by atoms with E-state index in [0.717, 1.165) is 29.9 Å². The number of hydrogen-bond donors (Lipinski definition) is 3. The normalized spacial score (nSPS) is 12.5. The van der Waals surface area contributed by atoms with Gasteiger partial charge in [0.2, 0.25) is 0 Å². The number of H-pyrrole nitrogens is 1. The van der Waals surface area contributed by atoms with E-state index in [1.54, 1.807) is 0 Å². The van der Waals surface area contributed by atoms with E-state index < -0.39 is 0 Å². The van der Waals surface area contributed by atoms with Crippen molar-refractivity contribution < 1.29 is 5.11 Å². The molecule has 0 aliphatic carbocycles. The zero-order valence-electron chi connectivity index (χ0n) is 11.1. The topological polar surface area (TPSA) is 73.8 Å². The van der Waals surface area contributed by atoms with Crippen LogP contribution in [-0.4, -0.2) is 33.7 Å². The van der Waals surface area contributed by atoms with Gasteiger partial charge in [0.1, 0.15) is 11.4 Å². The van der Waals surface area contributed by atoms with Gasteiger partial charge in [-0.25, -0.2) is 0 Å². The number of nitrogens with zero attached hydrogens (tertiary/aromatic N) is 2. The van der Waals surface area contributed by atoms with E-state index >= 15 is 0 Å². The molecule has 0 spiro atoms. The van der Waals surface area contributed by atoms with E-state index in [1.165, 1.54) is 0 Å². The molecule has 5 nitrogen and oxygen atoms in total. The van der Waals surface area contributed by atoms with E-state index in [0.29, 0.717) is 12.5 Å². The monoisotopic (exact) mass is 260 g/mol. The number of aliphatic hydroxyl groups is 1. The van der Waals surface area contributed by atoms with Crippen LogP contribution in [0.2, 0.25) is 0 Å². The highest BCUT2D eigenvalue weighted by molar-refractivity contribution is 5.60. The van der Waals surface area contributed by atoms with Gasteiger partial charge < -0.3 is 10.4 Å². The Kier molecular flexibility index (Phi) is 5.06. The Morgan fingerprint density at radius 1 is 1.26 bits per heavy atom. The van der Waals surface area contributed by atoms with Gasteiger partial charge in [0.05, 0.1) is 0 Å². The maximum atomic E-state index is 8.86. The number of rotatable bonds is 7. The molecule has 0 radical (unpaired) electrons. The first kappa shape index (κ1) is 13.7. The molecule has 1 unspecified atom stereocenters. The molecule has 2 rings (SSSR count). The van der Waals surface area contributed by atoms with Crippen molar-refractivity contribution in [1.29, 1.82) is 0 Å². The molecular weight excluding hydrogens is 240 g/mol. The molecule has 0 aliphatic heterocycles. The van der Waals surface area contributed by atoms with Crippen LogP contribution < -0.4 is 5.32 Å². The second-order valence-electron chi connectivity index (χ2n) is 4.73. The molecule has 1 heterocycles. The lowest BCUT2D eigenvalue weighted by atomic mass is 10.1. The first-order valence-corrected chi connectivity index (χ1v) is 6.58. The zero-order valence-corrected chi connectivity index (χ0v) is 11.1. The van der Waals surface area contributed by atoms with Gasteiger partial charge in [0.15, 0.2) is 0 Å². The number of aliphatic hydroxyl groups excluding tert-OH is 1. The molecule has 5 heteroatoms. The fourth-order valence-electron chi connectivity index (χ4n) is 1.96. The van der Waals surface area contributed by atoms with Crippen molar-refractivity contribution in [2.45, 2.75) is 19.9 Å². The molecule has 0 aliphatic rings. The molecule has 19 heavy (non-hydrogen) atoms. The molecule has 0 saturated heterocycles. The molecule has 1 atom stereocenters. The fourth-order valence-corrected chi connectivity index (χ4v) is 1.96. The van der Waals surface area contributed by atoms with Gasteiger partial charge in [-0.05, 0) is 18.9 Å². The minimum absolute atomic E-state index is 0.238. The third-order valence-corrected chi connectivity index (χ3v) is 3.07. The highest BCUT2D eigenvalue weighted by atomic mass is 16.3. The summed E-state index contributed by atoms with van der Waals surface area (Å²) in [6.45, 7) is 3.89. The van der Waals surface area contributed by atoms with E-state index in [4.69, 9.17) is 5.11 Å². The highest BCUT2D eigenvalue weighted by Gasteiger charge is 2.10. The molecule has 0 amide bonds. The van der Waals surface area contributed by atoms with Crippen molar-refractivity contribution in [1.82, 2.24) is 20.7 Å². The van der Waals surface area contributed by atoms with Crippen LogP contribution in [0.4, 0.5) is 0 Å². The minimum Gasteiger partial charge on any atom is -0.396 e. The molecule has 0 fully saturated rings. The molecule has 2 aromatic rings. The maximum Gasteiger partial charge on any atom is 0.117 e. The average Bonchev–Trinajstić information content (AvgIpc) is 2.88. The van der Waals surface area contributed by atoms with Crippen LogP contribution in [0.3, 0.4) is 0 Å². The molecule has 1 aromatic carbocycles. The first-order chi connectivity index (χ1) is 9.31. The van der Waals surface area contributed by atoms with Gasteiger partial charge in [-0.1, -0.05) is 37.3 Å². The summed E-state index contributed by atoms with van der Waals surface area (Å²) in [6, 6.07) is 10.0. The van der Waals surface area contributed by atoms with Crippen molar-refractivity contribution in [3.8, 4) is 11.3 Å². The molecule has 0 saturated carbocycles. The second-order valence-corrected chi connectivity index (χ2v) is 4.73. The summed E-state index contributed by atoms with van der Waals surface area (Å²) in [5.41, 5.74) is 2.88. The molecule has 0 bridgehead atoms. The number of aromatic amines is 1. The maximum absolute atomic E-state index is 8.86. The Hall–Kier alpha value is -1.72. The van der Waals surface area contributed by atoms with Gasteiger partial charge >= 0.3 is 0 Å². The summed E-state index contributed by atoms with van der Waals surface area (Å²) >= 11 is 0. The largest absolute Gasteiger partial charge is 0.396 e. The van der Waals surface area contributed by atoms with Crippen molar-refractivity contribution >= 4 is 0 Å². The highest BCUT2D eigenvalue weighted by Crippen LogP contribution is 2.18. The Morgan fingerprint density at radius 3 is 2.79 bits per heavy atom. The van der Waals surface area contributed by atoms with Crippen molar-refractivity contribution in [2.75, 3.05) is 13.2 Å². The number of nitrogens with one attached hydrogen (secondary N) is 2. The third-order valence-electron chi connectivity index (χ3n) is 3.07. The summed E-state index contributed by atoms with van der Waals surface area (Å²) in [7, 11) is 0. The summed E-state index contributed by atoms with van der Waals surface area (Å²) < 4.78 is 0. The van der Waals surface area contributed by atoms with Gasteiger partial charge in [-0.15, -0.1) is 0 Å². The lowest BCUT2D eigenvalue weighted by Crippen LogP contribution is -2.21.